The molecule has 4 aromatic rings. The second-order valence-electron chi connectivity index (χ2n) is 6.16. The Kier molecular flexibility index (Phi) is 4.55. The van der Waals surface area contributed by atoms with E-state index in [0.717, 1.165) is 22.6 Å². The van der Waals surface area contributed by atoms with Crippen LogP contribution in [-0.2, 0) is 6.54 Å². The number of aryl methyl sites for hydroxylation is 1. The molecule has 2 aromatic heterocycles. The standard InChI is InChI=1S/C19H18N6OS/c1-13-4-3-5-14(10-13)12-24-22-18(21-23-24)17-11-20-25(19(17)27)15-6-8-16(26-2)9-7-15/h3-11,20H,12H2,1-2H3. The molecule has 0 atom stereocenters. The summed E-state index contributed by atoms with van der Waals surface area (Å²) in [5.74, 6) is 1.29. The fourth-order valence-electron chi connectivity index (χ4n) is 2.85. The predicted octanol–water partition coefficient (Wildman–Crippen LogP) is 3.55. The van der Waals surface area contributed by atoms with E-state index in [1.165, 1.54) is 5.56 Å². The zero-order valence-electron chi connectivity index (χ0n) is 15.0. The molecule has 8 heteroatoms. The Balaban J connectivity index is 1.60. The molecule has 4 rings (SSSR count). The van der Waals surface area contributed by atoms with Crippen LogP contribution in [0.25, 0.3) is 17.1 Å². The van der Waals surface area contributed by atoms with Crippen molar-refractivity contribution in [2.75, 3.05) is 7.11 Å². The van der Waals surface area contributed by atoms with E-state index in [-0.39, 0.29) is 0 Å². The van der Waals surface area contributed by atoms with E-state index in [9.17, 15) is 0 Å². The van der Waals surface area contributed by atoms with Crippen LogP contribution < -0.4 is 4.74 Å². The van der Waals surface area contributed by atoms with Crippen LogP contribution in [0, 0.1) is 11.6 Å². The highest BCUT2D eigenvalue weighted by molar-refractivity contribution is 7.71. The van der Waals surface area contributed by atoms with Crippen molar-refractivity contribution in [2.24, 2.45) is 0 Å². The number of nitrogens with zero attached hydrogens (tertiary/aromatic N) is 5. The summed E-state index contributed by atoms with van der Waals surface area (Å²) >= 11 is 5.59. The van der Waals surface area contributed by atoms with Gasteiger partial charge >= 0.3 is 0 Å². The van der Waals surface area contributed by atoms with Gasteiger partial charge in [-0.25, -0.2) is 4.68 Å². The van der Waals surface area contributed by atoms with Crippen molar-refractivity contribution < 1.29 is 4.74 Å². The summed E-state index contributed by atoms with van der Waals surface area (Å²) in [6.45, 7) is 2.62. The van der Waals surface area contributed by atoms with Gasteiger partial charge in [-0.05, 0) is 42.0 Å². The van der Waals surface area contributed by atoms with Gasteiger partial charge in [0, 0.05) is 6.20 Å². The third-order valence-electron chi connectivity index (χ3n) is 4.20. The van der Waals surface area contributed by atoms with Crippen LogP contribution in [0.2, 0.25) is 0 Å². The van der Waals surface area contributed by atoms with Crippen molar-refractivity contribution >= 4 is 12.2 Å². The van der Waals surface area contributed by atoms with Crippen LogP contribution >= 0.6 is 12.2 Å². The molecule has 0 fully saturated rings. The minimum Gasteiger partial charge on any atom is -0.497 e. The fraction of sp³-hybridized carbons (Fsp3) is 0.158. The Hall–Kier alpha value is -3.26. The quantitative estimate of drug-likeness (QED) is 0.538. The van der Waals surface area contributed by atoms with Crippen LogP contribution in [0.15, 0.2) is 54.7 Å². The Labute approximate surface area is 161 Å². The van der Waals surface area contributed by atoms with Gasteiger partial charge in [-0.2, -0.15) is 4.80 Å². The van der Waals surface area contributed by atoms with Gasteiger partial charge < -0.3 is 4.74 Å². The van der Waals surface area contributed by atoms with Gasteiger partial charge in [-0.1, -0.05) is 42.0 Å². The van der Waals surface area contributed by atoms with Gasteiger partial charge in [-0.3, -0.25) is 5.10 Å². The highest BCUT2D eigenvalue weighted by Gasteiger charge is 2.12. The number of rotatable bonds is 5. The van der Waals surface area contributed by atoms with Crippen LogP contribution in [-0.4, -0.2) is 37.1 Å². The Bertz CT molecular complexity index is 1130. The molecule has 0 aliphatic rings. The number of H-pyrrole nitrogens is 1. The summed E-state index contributed by atoms with van der Waals surface area (Å²) in [6.07, 6.45) is 1.79. The largest absolute Gasteiger partial charge is 0.497 e. The molecule has 136 valence electrons. The van der Waals surface area contributed by atoms with Crippen LogP contribution in [0.3, 0.4) is 0 Å². The zero-order chi connectivity index (χ0) is 18.8. The molecule has 0 saturated heterocycles. The molecule has 0 unspecified atom stereocenters. The summed E-state index contributed by atoms with van der Waals surface area (Å²) in [5.41, 5.74) is 3.96. The molecule has 0 radical (unpaired) electrons. The summed E-state index contributed by atoms with van der Waals surface area (Å²) in [7, 11) is 1.64. The van der Waals surface area contributed by atoms with Crippen LogP contribution in [0.4, 0.5) is 0 Å². The van der Waals surface area contributed by atoms with Crippen molar-refractivity contribution in [1.82, 2.24) is 30.0 Å². The molecule has 0 bridgehead atoms. The molecule has 2 heterocycles. The maximum absolute atomic E-state index is 5.59. The molecule has 0 saturated carbocycles. The predicted molar refractivity (Wildman–Crippen MR) is 105 cm³/mol. The van der Waals surface area contributed by atoms with Gasteiger partial charge in [0.1, 0.15) is 10.4 Å². The smallest absolute Gasteiger partial charge is 0.209 e. The average molecular weight is 378 g/mol. The molecule has 2 aromatic carbocycles. The minimum absolute atomic E-state index is 0.496. The van der Waals surface area contributed by atoms with Gasteiger partial charge in [0.25, 0.3) is 0 Å². The highest BCUT2D eigenvalue weighted by Crippen LogP contribution is 2.20. The average Bonchev–Trinajstić information content (AvgIpc) is 3.28. The van der Waals surface area contributed by atoms with E-state index in [4.69, 9.17) is 17.0 Å². The molecular weight excluding hydrogens is 360 g/mol. The van der Waals surface area contributed by atoms with Crippen LogP contribution in [0.1, 0.15) is 11.1 Å². The van der Waals surface area contributed by atoms with Crippen LogP contribution in [0.5, 0.6) is 5.75 Å². The number of aromatic amines is 1. The normalized spacial score (nSPS) is 10.9. The Morgan fingerprint density at radius 2 is 1.96 bits per heavy atom. The van der Waals surface area contributed by atoms with Gasteiger partial charge in [0.15, 0.2) is 0 Å². The molecule has 1 N–H and O–H groups in total. The summed E-state index contributed by atoms with van der Waals surface area (Å²) in [4.78, 5) is 1.57. The maximum atomic E-state index is 5.59. The molecule has 27 heavy (non-hydrogen) atoms. The minimum atomic E-state index is 0.496. The molecule has 0 amide bonds. The lowest BCUT2D eigenvalue weighted by Gasteiger charge is -2.04. The first-order chi connectivity index (χ1) is 13.1. The number of benzene rings is 2. The van der Waals surface area contributed by atoms with E-state index >= 15 is 0 Å². The number of nitrogens with one attached hydrogen (secondary N) is 1. The molecule has 0 spiro atoms. The topological polar surface area (TPSA) is 73.6 Å². The van der Waals surface area contributed by atoms with Crippen molar-refractivity contribution in [3.8, 4) is 22.8 Å². The fourth-order valence-corrected chi connectivity index (χ4v) is 3.15. The Morgan fingerprint density at radius 1 is 1.15 bits per heavy atom. The molecular formula is C19H18N6OS. The number of aromatic nitrogens is 6. The van der Waals surface area contributed by atoms with E-state index in [2.05, 4.69) is 39.6 Å². The number of ether oxygens (including phenoxy) is 1. The van der Waals surface area contributed by atoms with Crippen molar-refractivity contribution in [1.29, 1.82) is 0 Å². The summed E-state index contributed by atoms with van der Waals surface area (Å²) in [5, 5.41) is 15.9. The first-order valence-corrected chi connectivity index (χ1v) is 8.83. The first kappa shape index (κ1) is 17.2. The molecule has 7 nitrogen and oxygen atoms in total. The number of hydrogen-bond donors (Lipinski definition) is 1. The van der Waals surface area contributed by atoms with Gasteiger partial charge in [0.05, 0.1) is 24.9 Å². The van der Waals surface area contributed by atoms with E-state index in [0.29, 0.717) is 17.0 Å². The third kappa shape index (κ3) is 3.52. The van der Waals surface area contributed by atoms with Crippen molar-refractivity contribution in [3.05, 3.63) is 70.5 Å². The highest BCUT2D eigenvalue weighted by atomic mass is 32.1. The first-order valence-electron chi connectivity index (χ1n) is 8.42. The zero-order valence-corrected chi connectivity index (χ0v) is 15.8. The second kappa shape index (κ2) is 7.16. The lowest BCUT2D eigenvalue weighted by molar-refractivity contribution is 0.414. The van der Waals surface area contributed by atoms with Crippen molar-refractivity contribution in [2.45, 2.75) is 13.5 Å². The van der Waals surface area contributed by atoms with Gasteiger partial charge in [-0.15, -0.1) is 10.2 Å². The monoisotopic (exact) mass is 378 g/mol. The number of tetrazole rings is 1. The number of hydrogen-bond acceptors (Lipinski definition) is 5. The van der Waals surface area contributed by atoms with Gasteiger partial charge in [0.2, 0.25) is 5.82 Å². The van der Waals surface area contributed by atoms with E-state index < -0.39 is 0 Å². The SMILES string of the molecule is COc1ccc(-n2[nH]cc(-c3nnn(Cc4cccc(C)c4)n3)c2=S)cc1. The molecule has 0 aliphatic heterocycles. The number of methoxy groups -OCH3 is 1. The van der Waals surface area contributed by atoms with Crippen molar-refractivity contribution in [3.63, 3.8) is 0 Å². The lowest BCUT2D eigenvalue weighted by atomic mass is 10.1. The second-order valence-corrected chi connectivity index (χ2v) is 6.54. The van der Waals surface area contributed by atoms with E-state index in [1.807, 2.05) is 36.4 Å². The summed E-state index contributed by atoms with van der Waals surface area (Å²) < 4.78 is 7.58. The Morgan fingerprint density at radius 3 is 2.70 bits per heavy atom. The third-order valence-corrected chi connectivity index (χ3v) is 4.60. The van der Waals surface area contributed by atoms with E-state index in [1.54, 1.807) is 22.8 Å². The maximum Gasteiger partial charge on any atom is 0.209 e. The lowest BCUT2D eigenvalue weighted by Crippen LogP contribution is -2.04. The molecule has 0 aliphatic carbocycles. The summed E-state index contributed by atoms with van der Waals surface area (Å²) in [6, 6.07) is 15.9.